The third-order valence-corrected chi connectivity index (χ3v) is 4.14. The molecule has 0 aliphatic rings. The fourth-order valence-corrected chi connectivity index (χ4v) is 2.60. The van der Waals surface area contributed by atoms with Crippen LogP contribution in [0, 0.1) is 6.92 Å². The number of halogens is 1. The van der Waals surface area contributed by atoms with Gasteiger partial charge in [0.2, 0.25) is 0 Å². The molecular formula is C20H22ClNO4. The molecule has 0 bridgehead atoms. The first-order valence-corrected chi connectivity index (χ1v) is 8.60. The quantitative estimate of drug-likeness (QED) is 0.751. The molecule has 0 unspecified atom stereocenters. The number of methoxy groups -OCH3 is 1. The number of hydrogen-bond donors (Lipinski definition) is 1. The highest BCUT2D eigenvalue weighted by Crippen LogP contribution is 2.28. The SMILES string of the molecule is COC(=O)c1ccc(Cl)c(NC(=O)COc2cc(C)ccc2C(C)C)c1. The zero-order chi connectivity index (χ0) is 19.3. The molecular weight excluding hydrogens is 354 g/mol. The third kappa shape index (κ3) is 4.99. The summed E-state index contributed by atoms with van der Waals surface area (Å²) >= 11 is 6.09. The van der Waals surface area contributed by atoms with Gasteiger partial charge in [-0.05, 0) is 48.2 Å². The standard InChI is InChI=1S/C20H22ClNO4/c1-12(2)15-7-5-13(3)9-18(15)26-11-19(23)22-17-10-14(20(24)25-4)6-8-16(17)21/h5-10,12H,11H2,1-4H3,(H,22,23). The van der Waals surface area contributed by atoms with Crippen LogP contribution in [0.15, 0.2) is 36.4 Å². The number of nitrogens with one attached hydrogen (secondary N) is 1. The summed E-state index contributed by atoms with van der Waals surface area (Å²) in [6.07, 6.45) is 0. The summed E-state index contributed by atoms with van der Waals surface area (Å²) in [6, 6.07) is 10.5. The smallest absolute Gasteiger partial charge is 0.337 e. The Morgan fingerprint density at radius 2 is 1.88 bits per heavy atom. The van der Waals surface area contributed by atoms with Crippen LogP contribution in [0.25, 0.3) is 0 Å². The second-order valence-corrected chi connectivity index (χ2v) is 6.63. The third-order valence-electron chi connectivity index (χ3n) is 3.81. The van der Waals surface area contributed by atoms with E-state index in [1.54, 1.807) is 0 Å². The van der Waals surface area contributed by atoms with Gasteiger partial charge in [-0.15, -0.1) is 0 Å². The van der Waals surface area contributed by atoms with Crippen molar-refractivity contribution in [3.8, 4) is 5.75 Å². The molecule has 1 amide bonds. The van der Waals surface area contributed by atoms with Crippen molar-refractivity contribution in [3.05, 3.63) is 58.1 Å². The Morgan fingerprint density at radius 3 is 2.54 bits per heavy atom. The molecule has 2 aromatic rings. The minimum absolute atomic E-state index is 0.165. The van der Waals surface area contributed by atoms with Gasteiger partial charge in [0.15, 0.2) is 6.61 Å². The van der Waals surface area contributed by atoms with Crippen molar-refractivity contribution in [2.24, 2.45) is 0 Å². The Labute approximate surface area is 158 Å². The van der Waals surface area contributed by atoms with Crippen molar-refractivity contribution in [2.75, 3.05) is 19.0 Å². The van der Waals surface area contributed by atoms with E-state index in [1.165, 1.54) is 25.3 Å². The Kier molecular flexibility index (Phi) is 6.64. The van der Waals surface area contributed by atoms with Crippen molar-refractivity contribution in [1.29, 1.82) is 0 Å². The lowest BCUT2D eigenvalue weighted by Gasteiger charge is -2.15. The lowest BCUT2D eigenvalue weighted by molar-refractivity contribution is -0.118. The highest BCUT2D eigenvalue weighted by atomic mass is 35.5. The molecule has 0 atom stereocenters. The Balaban J connectivity index is 2.08. The molecule has 2 aromatic carbocycles. The number of esters is 1. The maximum absolute atomic E-state index is 12.2. The molecule has 1 N–H and O–H groups in total. The van der Waals surface area contributed by atoms with Crippen LogP contribution in [0.3, 0.4) is 0 Å². The predicted octanol–water partition coefficient (Wildman–Crippen LogP) is 4.58. The van der Waals surface area contributed by atoms with Crippen LogP contribution in [0.2, 0.25) is 5.02 Å². The summed E-state index contributed by atoms with van der Waals surface area (Å²) in [5.74, 6) is 0.0873. The van der Waals surface area contributed by atoms with Gasteiger partial charge in [0.1, 0.15) is 5.75 Å². The fourth-order valence-electron chi connectivity index (χ4n) is 2.44. The molecule has 0 heterocycles. The maximum Gasteiger partial charge on any atom is 0.337 e. The lowest BCUT2D eigenvalue weighted by atomic mass is 10.0. The zero-order valence-corrected chi connectivity index (χ0v) is 16.0. The topological polar surface area (TPSA) is 64.6 Å². The van der Waals surface area contributed by atoms with E-state index in [0.717, 1.165) is 11.1 Å². The van der Waals surface area contributed by atoms with Crippen LogP contribution in [-0.4, -0.2) is 25.6 Å². The molecule has 0 saturated carbocycles. The van der Waals surface area contributed by atoms with Crippen molar-refractivity contribution in [2.45, 2.75) is 26.7 Å². The second kappa shape index (κ2) is 8.72. The molecule has 0 aliphatic heterocycles. The van der Waals surface area contributed by atoms with Crippen molar-refractivity contribution in [1.82, 2.24) is 0 Å². The van der Waals surface area contributed by atoms with E-state index in [4.69, 9.17) is 16.3 Å². The van der Waals surface area contributed by atoms with Gasteiger partial charge in [-0.2, -0.15) is 0 Å². The van der Waals surface area contributed by atoms with E-state index >= 15 is 0 Å². The van der Waals surface area contributed by atoms with Gasteiger partial charge in [0.05, 0.1) is 23.4 Å². The van der Waals surface area contributed by atoms with Gasteiger partial charge in [-0.1, -0.05) is 37.6 Å². The van der Waals surface area contributed by atoms with Crippen LogP contribution in [0.4, 0.5) is 5.69 Å². The van der Waals surface area contributed by atoms with Crippen LogP contribution >= 0.6 is 11.6 Å². The minimum Gasteiger partial charge on any atom is -0.483 e. The van der Waals surface area contributed by atoms with Gasteiger partial charge >= 0.3 is 5.97 Å². The summed E-state index contributed by atoms with van der Waals surface area (Å²) in [7, 11) is 1.29. The number of rotatable bonds is 6. The summed E-state index contributed by atoms with van der Waals surface area (Å²) in [6.45, 7) is 5.93. The monoisotopic (exact) mass is 375 g/mol. The van der Waals surface area contributed by atoms with Gasteiger partial charge in [-0.25, -0.2) is 4.79 Å². The summed E-state index contributed by atoms with van der Waals surface area (Å²) in [4.78, 5) is 23.8. The van der Waals surface area contributed by atoms with E-state index in [0.29, 0.717) is 22.0 Å². The van der Waals surface area contributed by atoms with E-state index in [2.05, 4.69) is 23.9 Å². The van der Waals surface area contributed by atoms with Gasteiger partial charge < -0.3 is 14.8 Å². The number of benzene rings is 2. The molecule has 138 valence electrons. The highest BCUT2D eigenvalue weighted by Gasteiger charge is 2.13. The highest BCUT2D eigenvalue weighted by molar-refractivity contribution is 6.33. The van der Waals surface area contributed by atoms with E-state index in [9.17, 15) is 9.59 Å². The number of aryl methyl sites for hydroxylation is 1. The Morgan fingerprint density at radius 1 is 1.15 bits per heavy atom. The molecule has 26 heavy (non-hydrogen) atoms. The molecule has 0 aliphatic carbocycles. The number of ether oxygens (including phenoxy) is 2. The molecule has 0 radical (unpaired) electrons. The average molecular weight is 376 g/mol. The minimum atomic E-state index is -0.505. The number of amides is 1. The molecule has 2 rings (SSSR count). The molecule has 0 saturated heterocycles. The number of anilines is 1. The van der Waals surface area contributed by atoms with Crippen molar-refractivity contribution in [3.63, 3.8) is 0 Å². The molecule has 5 nitrogen and oxygen atoms in total. The van der Waals surface area contributed by atoms with Crippen LogP contribution < -0.4 is 10.1 Å². The zero-order valence-electron chi connectivity index (χ0n) is 15.3. The first-order chi connectivity index (χ1) is 12.3. The fraction of sp³-hybridized carbons (Fsp3) is 0.300. The molecule has 6 heteroatoms. The van der Waals surface area contributed by atoms with Crippen LogP contribution in [0.1, 0.15) is 41.3 Å². The van der Waals surface area contributed by atoms with Gasteiger partial charge in [0.25, 0.3) is 5.91 Å². The second-order valence-electron chi connectivity index (χ2n) is 6.22. The summed E-state index contributed by atoms with van der Waals surface area (Å²) in [5.41, 5.74) is 2.72. The normalized spacial score (nSPS) is 10.5. The van der Waals surface area contributed by atoms with Crippen molar-refractivity contribution < 1.29 is 19.1 Å². The first-order valence-electron chi connectivity index (χ1n) is 8.23. The van der Waals surface area contributed by atoms with Gasteiger partial charge in [-0.3, -0.25) is 4.79 Å². The lowest BCUT2D eigenvalue weighted by Crippen LogP contribution is -2.21. The van der Waals surface area contributed by atoms with Crippen molar-refractivity contribution >= 4 is 29.2 Å². The summed E-state index contributed by atoms with van der Waals surface area (Å²) < 4.78 is 10.4. The number of carbonyl (C=O) groups excluding carboxylic acids is 2. The molecule has 0 spiro atoms. The van der Waals surface area contributed by atoms with E-state index in [1.807, 2.05) is 25.1 Å². The average Bonchev–Trinajstić information content (AvgIpc) is 2.61. The van der Waals surface area contributed by atoms with Crippen LogP contribution in [0.5, 0.6) is 5.75 Å². The molecule has 0 aromatic heterocycles. The molecule has 0 fully saturated rings. The first kappa shape index (κ1) is 19.8. The number of hydrogen-bond acceptors (Lipinski definition) is 4. The largest absolute Gasteiger partial charge is 0.483 e. The van der Waals surface area contributed by atoms with Crippen LogP contribution in [-0.2, 0) is 9.53 Å². The Hall–Kier alpha value is -2.53. The van der Waals surface area contributed by atoms with E-state index < -0.39 is 5.97 Å². The Bertz CT molecular complexity index is 817. The van der Waals surface area contributed by atoms with E-state index in [-0.39, 0.29) is 18.4 Å². The van der Waals surface area contributed by atoms with Gasteiger partial charge in [0, 0.05) is 0 Å². The summed E-state index contributed by atoms with van der Waals surface area (Å²) in [5, 5.41) is 2.98. The number of carbonyl (C=O) groups is 2. The maximum atomic E-state index is 12.2. The predicted molar refractivity (Wildman–Crippen MR) is 102 cm³/mol.